The summed E-state index contributed by atoms with van der Waals surface area (Å²) in [5.74, 6) is -1.03. The lowest BCUT2D eigenvalue weighted by molar-refractivity contribution is -0.131. The van der Waals surface area contributed by atoms with E-state index in [4.69, 9.17) is 16.3 Å². The normalized spacial score (nSPS) is 12.4. The Hall–Kier alpha value is -3.06. The molecule has 2 rings (SSSR count). The number of hydrazine groups is 1. The lowest BCUT2D eigenvalue weighted by Crippen LogP contribution is -2.55. The van der Waals surface area contributed by atoms with Crippen LogP contribution in [-0.4, -0.2) is 30.4 Å². The van der Waals surface area contributed by atoms with Gasteiger partial charge in [-0.2, -0.15) is 0 Å². The van der Waals surface area contributed by atoms with Crippen molar-refractivity contribution in [3.05, 3.63) is 64.7 Å². The number of benzene rings is 2. The summed E-state index contributed by atoms with van der Waals surface area (Å²) in [5.41, 5.74) is 6.07. The topological polar surface area (TPSA) is 96.5 Å². The molecule has 2 atom stereocenters. The van der Waals surface area contributed by atoms with Crippen molar-refractivity contribution in [2.45, 2.75) is 33.2 Å². The minimum absolute atomic E-state index is 0.151. The van der Waals surface area contributed by atoms with E-state index in [-0.39, 0.29) is 12.5 Å². The molecule has 0 aliphatic carbocycles. The van der Waals surface area contributed by atoms with Crippen molar-refractivity contribution in [1.82, 2.24) is 16.2 Å². The summed E-state index contributed by atoms with van der Waals surface area (Å²) in [6.07, 6.45) is 0.656. The summed E-state index contributed by atoms with van der Waals surface area (Å²) in [6.45, 7) is 5.41. The fourth-order valence-electron chi connectivity index (χ4n) is 2.63. The molecule has 2 aromatic carbocycles. The van der Waals surface area contributed by atoms with E-state index in [9.17, 15) is 14.4 Å². The van der Waals surface area contributed by atoms with E-state index in [1.165, 1.54) is 0 Å². The number of nitrogens with one attached hydrogen (secondary N) is 3. The first-order valence-corrected chi connectivity index (χ1v) is 10.0. The van der Waals surface area contributed by atoms with Gasteiger partial charge in [-0.05, 0) is 54.8 Å². The summed E-state index contributed by atoms with van der Waals surface area (Å²) in [5, 5.41) is 3.23. The number of carbonyl (C=O) groups is 3. The van der Waals surface area contributed by atoms with Gasteiger partial charge in [0.05, 0.1) is 0 Å². The van der Waals surface area contributed by atoms with E-state index in [0.29, 0.717) is 22.8 Å². The molecule has 0 fully saturated rings. The maximum atomic E-state index is 12.6. The maximum absolute atomic E-state index is 12.6. The van der Waals surface area contributed by atoms with Crippen LogP contribution in [0.1, 0.15) is 36.2 Å². The van der Waals surface area contributed by atoms with Crippen LogP contribution in [0, 0.1) is 12.8 Å². The second-order valence-corrected chi connectivity index (χ2v) is 7.42. The molecule has 0 spiro atoms. The fourth-order valence-corrected chi connectivity index (χ4v) is 2.75. The van der Waals surface area contributed by atoms with Gasteiger partial charge in [-0.15, -0.1) is 0 Å². The number of hydrogen-bond acceptors (Lipinski definition) is 4. The van der Waals surface area contributed by atoms with Crippen molar-refractivity contribution in [2.24, 2.45) is 5.92 Å². The lowest BCUT2D eigenvalue weighted by Gasteiger charge is -2.23. The van der Waals surface area contributed by atoms with Gasteiger partial charge in [-0.25, -0.2) is 0 Å². The van der Waals surface area contributed by atoms with Crippen molar-refractivity contribution in [3.63, 3.8) is 0 Å². The summed E-state index contributed by atoms with van der Waals surface area (Å²) in [4.78, 5) is 37.1. The molecular formula is C22H26ClN3O4. The van der Waals surface area contributed by atoms with E-state index in [2.05, 4.69) is 16.2 Å². The highest BCUT2D eigenvalue weighted by Crippen LogP contribution is 2.13. The molecule has 3 amide bonds. The van der Waals surface area contributed by atoms with Crippen molar-refractivity contribution in [2.75, 3.05) is 6.61 Å². The molecule has 30 heavy (non-hydrogen) atoms. The van der Waals surface area contributed by atoms with Gasteiger partial charge in [0.1, 0.15) is 11.8 Å². The molecule has 0 heterocycles. The molecule has 0 saturated heterocycles. The van der Waals surface area contributed by atoms with Gasteiger partial charge >= 0.3 is 0 Å². The maximum Gasteiger partial charge on any atom is 0.276 e. The summed E-state index contributed by atoms with van der Waals surface area (Å²) >= 11 is 5.84. The van der Waals surface area contributed by atoms with E-state index >= 15 is 0 Å². The third-order valence-corrected chi connectivity index (χ3v) is 4.83. The van der Waals surface area contributed by atoms with Crippen LogP contribution in [0.3, 0.4) is 0 Å². The van der Waals surface area contributed by atoms with Crippen LogP contribution in [0.25, 0.3) is 0 Å². The zero-order valence-corrected chi connectivity index (χ0v) is 18.0. The Labute approximate surface area is 181 Å². The predicted molar refractivity (Wildman–Crippen MR) is 115 cm³/mol. The molecule has 0 radical (unpaired) electrons. The smallest absolute Gasteiger partial charge is 0.276 e. The van der Waals surface area contributed by atoms with Crippen molar-refractivity contribution in [1.29, 1.82) is 0 Å². The average molecular weight is 432 g/mol. The number of aryl methyl sites for hydroxylation is 1. The number of hydrogen-bond donors (Lipinski definition) is 3. The Kier molecular flexibility index (Phi) is 8.68. The van der Waals surface area contributed by atoms with Crippen molar-refractivity contribution in [3.8, 4) is 5.75 Å². The minimum atomic E-state index is -0.823. The van der Waals surface area contributed by atoms with Crippen LogP contribution in [-0.2, 0) is 9.59 Å². The van der Waals surface area contributed by atoms with Crippen LogP contribution < -0.4 is 20.9 Å². The highest BCUT2D eigenvalue weighted by atomic mass is 35.5. The number of carbonyl (C=O) groups excluding carboxylic acids is 3. The second-order valence-electron chi connectivity index (χ2n) is 6.99. The first-order chi connectivity index (χ1) is 14.3. The molecule has 2 aromatic rings. The highest BCUT2D eigenvalue weighted by molar-refractivity contribution is 6.30. The van der Waals surface area contributed by atoms with E-state index in [0.717, 1.165) is 5.56 Å². The van der Waals surface area contributed by atoms with Crippen LogP contribution >= 0.6 is 11.6 Å². The Bertz CT molecular complexity index is 886. The standard InChI is InChI=1S/C22H26ClN3O4/c1-4-15(3)20(24-21(28)16-8-10-17(23)11-9-16)22(29)26-25-19(27)13-30-18-7-5-6-14(2)12-18/h5-12,15,20H,4,13H2,1-3H3,(H,24,28)(H,25,27)(H,26,29)/t15-,20-/m0/s1. The Morgan fingerprint density at radius 2 is 1.77 bits per heavy atom. The van der Waals surface area contributed by atoms with Crippen LogP contribution in [0.5, 0.6) is 5.75 Å². The zero-order chi connectivity index (χ0) is 22.1. The first-order valence-electron chi connectivity index (χ1n) is 9.64. The monoisotopic (exact) mass is 431 g/mol. The Morgan fingerprint density at radius 1 is 1.07 bits per heavy atom. The molecule has 0 aliphatic rings. The lowest BCUT2D eigenvalue weighted by atomic mass is 9.98. The molecule has 0 bridgehead atoms. The average Bonchev–Trinajstić information content (AvgIpc) is 2.74. The second kappa shape index (κ2) is 11.2. The van der Waals surface area contributed by atoms with Crippen LogP contribution in [0.15, 0.2) is 48.5 Å². The van der Waals surface area contributed by atoms with Crippen molar-refractivity contribution >= 4 is 29.3 Å². The van der Waals surface area contributed by atoms with Crippen LogP contribution in [0.2, 0.25) is 5.02 Å². The minimum Gasteiger partial charge on any atom is -0.484 e. The molecule has 0 aliphatic heterocycles. The fraction of sp³-hybridized carbons (Fsp3) is 0.318. The molecule has 0 aromatic heterocycles. The summed E-state index contributed by atoms with van der Waals surface area (Å²) in [7, 11) is 0. The molecule has 7 nitrogen and oxygen atoms in total. The Balaban J connectivity index is 1.90. The third-order valence-electron chi connectivity index (χ3n) is 4.57. The van der Waals surface area contributed by atoms with E-state index in [1.807, 2.05) is 32.9 Å². The van der Waals surface area contributed by atoms with Gasteiger partial charge in [0.15, 0.2) is 6.61 Å². The third kappa shape index (κ3) is 7.08. The highest BCUT2D eigenvalue weighted by Gasteiger charge is 2.26. The molecule has 3 N–H and O–H groups in total. The molecule has 160 valence electrons. The Morgan fingerprint density at radius 3 is 2.40 bits per heavy atom. The molecular weight excluding hydrogens is 406 g/mol. The summed E-state index contributed by atoms with van der Waals surface area (Å²) in [6, 6.07) is 12.8. The molecule has 8 heteroatoms. The van der Waals surface area contributed by atoms with Gasteiger partial charge < -0.3 is 10.1 Å². The largest absolute Gasteiger partial charge is 0.484 e. The van der Waals surface area contributed by atoms with Crippen molar-refractivity contribution < 1.29 is 19.1 Å². The quantitative estimate of drug-likeness (QED) is 0.560. The SMILES string of the molecule is CC[C@H](C)[C@H](NC(=O)c1ccc(Cl)cc1)C(=O)NNC(=O)COc1cccc(C)c1. The van der Waals surface area contributed by atoms with E-state index < -0.39 is 23.8 Å². The first kappa shape index (κ1) is 23.2. The summed E-state index contributed by atoms with van der Waals surface area (Å²) < 4.78 is 5.40. The number of ether oxygens (including phenoxy) is 1. The zero-order valence-electron chi connectivity index (χ0n) is 17.2. The number of halogens is 1. The van der Waals surface area contributed by atoms with Gasteiger partial charge in [0, 0.05) is 10.6 Å². The predicted octanol–water partition coefficient (Wildman–Crippen LogP) is 3.02. The van der Waals surface area contributed by atoms with Gasteiger partial charge in [-0.1, -0.05) is 44.0 Å². The molecule has 0 unspecified atom stereocenters. The van der Waals surface area contributed by atoms with Gasteiger partial charge in [0.25, 0.3) is 17.7 Å². The molecule has 0 saturated carbocycles. The number of rotatable bonds is 8. The van der Waals surface area contributed by atoms with Gasteiger partial charge in [0.2, 0.25) is 0 Å². The van der Waals surface area contributed by atoms with Gasteiger partial charge in [-0.3, -0.25) is 25.2 Å². The number of amides is 3. The van der Waals surface area contributed by atoms with E-state index in [1.54, 1.807) is 36.4 Å². The van der Waals surface area contributed by atoms with Crippen LogP contribution in [0.4, 0.5) is 0 Å².